The maximum Gasteiger partial charge on any atom is -0.0381 e. The van der Waals surface area contributed by atoms with Crippen molar-refractivity contribution in [3.63, 3.8) is 0 Å². The maximum absolute atomic E-state index is 2.52. The average molecular weight is 341 g/mol. The summed E-state index contributed by atoms with van der Waals surface area (Å²) in [5, 5.41) is 0. The summed E-state index contributed by atoms with van der Waals surface area (Å²) in [6.07, 6.45) is 15.4. The minimum absolute atomic E-state index is 0. The number of hydrogen-bond acceptors (Lipinski definition) is 0. The number of hydrogen-bond donors (Lipinski definition) is 0. The first-order valence-corrected chi connectivity index (χ1v) is 10.5. The topological polar surface area (TPSA) is 63.0 Å². The SMILES string of the molecule is CC1CCC(C2CCC(C3CC(C)C(C)C(C)C3)CC2)CC1.O.O. The highest BCUT2D eigenvalue weighted by Gasteiger charge is 2.37. The Morgan fingerprint density at radius 2 is 0.792 bits per heavy atom. The molecule has 0 saturated heterocycles. The lowest BCUT2D eigenvalue weighted by atomic mass is 9.61. The fourth-order valence-electron chi connectivity index (χ4n) is 6.27. The van der Waals surface area contributed by atoms with Crippen molar-refractivity contribution in [1.29, 1.82) is 0 Å². The van der Waals surface area contributed by atoms with Gasteiger partial charge in [-0.05, 0) is 98.7 Å². The molecular formula is C22H44O2. The molecule has 3 rings (SSSR count). The second kappa shape index (κ2) is 9.57. The minimum Gasteiger partial charge on any atom is -0.412 e. The van der Waals surface area contributed by atoms with Gasteiger partial charge in [-0.1, -0.05) is 40.5 Å². The van der Waals surface area contributed by atoms with Gasteiger partial charge in [-0.2, -0.15) is 0 Å². The molecule has 2 heteroatoms. The first-order chi connectivity index (χ1) is 10.5. The van der Waals surface area contributed by atoms with Gasteiger partial charge in [-0.25, -0.2) is 0 Å². The highest BCUT2D eigenvalue weighted by atomic mass is 16.0. The first kappa shape index (κ1) is 22.0. The second-order valence-corrected chi connectivity index (χ2v) is 9.74. The molecule has 0 spiro atoms. The summed E-state index contributed by atoms with van der Waals surface area (Å²) in [5.74, 6) is 8.24. The Morgan fingerprint density at radius 3 is 1.21 bits per heavy atom. The normalized spacial score (nSPS) is 46.5. The summed E-state index contributed by atoms with van der Waals surface area (Å²) in [4.78, 5) is 0. The van der Waals surface area contributed by atoms with Gasteiger partial charge in [-0.3, -0.25) is 0 Å². The zero-order valence-corrected chi connectivity index (χ0v) is 16.7. The minimum atomic E-state index is 0. The quantitative estimate of drug-likeness (QED) is 0.656. The largest absolute Gasteiger partial charge is 0.412 e. The van der Waals surface area contributed by atoms with Crippen LogP contribution in [0.4, 0.5) is 0 Å². The third-order valence-electron chi connectivity index (χ3n) is 8.35. The summed E-state index contributed by atoms with van der Waals surface area (Å²) in [6.45, 7) is 9.98. The molecule has 0 aliphatic heterocycles. The Morgan fingerprint density at radius 1 is 0.458 bits per heavy atom. The Bertz CT molecular complexity index is 328. The molecule has 3 aliphatic carbocycles. The van der Waals surface area contributed by atoms with Crippen LogP contribution < -0.4 is 0 Å². The predicted octanol–water partition coefficient (Wildman–Crippen LogP) is 5.29. The molecule has 0 heterocycles. The Labute approximate surface area is 150 Å². The van der Waals surface area contributed by atoms with E-state index in [0.717, 1.165) is 47.3 Å². The number of rotatable bonds is 2. The standard InChI is InChI=1S/C22H40.2H2O/c1-15-5-7-19(8-6-15)20-9-11-21(12-10-20)22-13-16(2)18(4)17(3)14-22;;/h15-22H,5-14H2,1-4H3;2*1H2. The van der Waals surface area contributed by atoms with E-state index in [1.807, 2.05) is 0 Å². The van der Waals surface area contributed by atoms with Crippen LogP contribution in [-0.4, -0.2) is 11.0 Å². The lowest BCUT2D eigenvalue weighted by Gasteiger charge is -2.44. The Balaban J connectivity index is 0.00000144. The van der Waals surface area contributed by atoms with Gasteiger partial charge >= 0.3 is 0 Å². The molecule has 2 unspecified atom stereocenters. The van der Waals surface area contributed by atoms with Crippen molar-refractivity contribution in [2.75, 3.05) is 0 Å². The zero-order chi connectivity index (χ0) is 15.7. The van der Waals surface area contributed by atoms with Crippen LogP contribution in [0.3, 0.4) is 0 Å². The van der Waals surface area contributed by atoms with Crippen LogP contribution in [0.5, 0.6) is 0 Å². The van der Waals surface area contributed by atoms with Crippen LogP contribution >= 0.6 is 0 Å². The van der Waals surface area contributed by atoms with Crippen molar-refractivity contribution < 1.29 is 11.0 Å². The highest BCUT2D eigenvalue weighted by Crippen LogP contribution is 2.48. The zero-order valence-electron chi connectivity index (χ0n) is 16.7. The van der Waals surface area contributed by atoms with Crippen LogP contribution in [0.25, 0.3) is 0 Å². The van der Waals surface area contributed by atoms with E-state index in [2.05, 4.69) is 27.7 Å². The Hall–Kier alpha value is -0.0800. The monoisotopic (exact) mass is 340 g/mol. The predicted molar refractivity (Wildman–Crippen MR) is 104 cm³/mol. The molecule has 3 aliphatic rings. The van der Waals surface area contributed by atoms with Crippen molar-refractivity contribution in [1.82, 2.24) is 0 Å². The first-order valence-electron chi connectivity index (χ1n) is 10.5. The van der Waals surface area contributed by atoms with Crippen LogP contribution in [0.2, 0.25) is 0 Å². The van der Waals surface area contributed by atoms with Gasteiger partial charge in [0.25, 0.3) is 0 Å². The van der Waals surface area contributed by atoms with Crippen molar-refractivity contribution >= 4 is 0 Å². The molecule has 2 nitrogen and oxygen atoms in total. The van der Waals surface area contributed by atoms with E-state index in [4.69, 9.17) is 0 Å². The molecule has 0 aromatic rings. The summed E-state index contributed by atoms with van der Waals surface area (Å²) in [5.41, 5.74) is 0. The maximum atomic E-state index is 2.52. The van der Waals surface area contributed by atoms with Gasteiger partial charge in [-0.15, -0.1) is 0 Å². The molecule has 24 heavy (non-hydrogen) atoms. The third-order valence-corrected chi connectivity index (χ3v) is 8.35. The van der Waals surface area contributed by atoms with E-state index in [1.54, 1.807) is 38.5 Å². The summed E-state index contributed by atoms with van der Waals surface area (Å²) in [7, 11) is 0. The molecule has 2 atom stereocenters. The van der Waals surface area contributed by atoms with E-state index in [-0.39, 0.29) is 11.0 Å². The lowest BCUT2D eigenvalue weighted by molar-refractivity contribution is 0.0649. The van der Waals surface area contributed by atoms with E-state index < -0.39 is 0 Å². The smallest absolute Gasteiger partial charge is 0.0381 e. The van der Waals surface area contributed by atoms with Gasteiger partial charge in [0.05, 0.1) is 0 Å². The molecule has 144 valence electrons. The van der Waals surface area contributed by atoms with Crippen molar-refractivity contribution in [2.24, 2.45) is 47.3 Å². The molecule has 0 aromatic heterocycles. The summed E-state index contributed by atoms with van der Waals surface area (Å²) in [6, 6.07) is 0. The van der Waals surface area contributed by atoms with E-state index >= 15 is 0 Å². The van der Waals surface area contributed by atoms with Crippen LogP contribution in [0, 0.1) is 47.3 Å². The van der Waals surface area contributed by atoms with Crippen LogP contribution in [-0.2, 0) is 0 Å². The van der Waals surface area contributed by atoms with Gasteiger partial charge in [0.1, 0.15) is 0 Å². The van der Waals surface area contributed by atoms with E-state index in [0.29, 0.717) is 0 Å². The van der Waals surface area contributed by atoms with E-state index in [1.165, 1.54) is 25.7 Å². The Kier molecular flexibility index (Phi) is 8.76. The summed E-state index contributed by atoms with van der Waals surface area (Å²) >= 11 is 0. The molecular weight excluding hydrogens is 296 g/mol. The van der Waals surface area contributed by atoms with Gasteiger partial charge in [0, 0.05) is 0 Å². The fourth-order valence-corrected chi connectivity index (χ4v) is 6.27. The molecule has 0 aromatic carbocycles. The van der Waals surface area contributed by atoms with Gasteiger partial charge in [0.2, 0.25) is 0 Å². The lowest BCUT2D eigenvalue weighted by Crippen LogP contribution is -2.34. The molecule has 4 N–H and O–H groups in total. The van der Waals surface area contributed by atoms with Gasteiger partial charge < -0.3 is 11.0 Å². The molecule has 0 radical (unpaired) electrons. The van der Waals surface area contributed by atoms with E-state index in [9.17, 15) is 0 Å². The van der Waals surface area contributed by atoms with Gasteiger partial charge in [0.15, 0.2) is 0 Å². The average Bonchev–Trinajstić information content (AvgIpc) is 2.53. The van der Waals surface area contributed by atoms with Crippen LogP contribution in [0.15, 0.2) is 0 Å². The van der Waals surface area contributed by atoms with Crippen LogP contribution in [0.1, 0.15) is 91.9 Å². The second-order valence-electron chi connectivity index (χ2n) is 9.74. The summed E-state index contributed by atoms with van der Waals surface area (Å²) < 4.78 is 0. The molecule has 3 fully saturated rings. The van der Waals surface area contributed by atoms with Crippen molar-refractivity contribution in [2.45, 2.75) is 91.9 Å². The van der Waals surface area contributed by atoms with Crippen molar-refractivity contribution in [3.8, 4) is 0 Å². The molecule has 3 saturated carbocycles. The molecule has 0 amide bonds. The third kappa shape index (κ3) is 4.97. The fraction of sp³-hybridized carbons (Fsp3) is 1.00. The molecule has 0 bridgehead atoms. The van der Waals surface area contributed by atoms with Crippen molar-refractivity contribution in [3.05, 3.63) is 0 Å². The highest BCUT2D eigenvalue weighted by molar-refractivity contribution is 4.88.